The minimum Gasteiger partial charge on any atom is -0.478 e. The Hall–Kier alpha value is -2.14. The minimum absolute atomic E-state index is 0.246. The van der Waals surface area contributed by atoms with Gasteiger partial charge in [-0.3, -0.25) is 0 Å². The van der Waals surface area contributed by atoms with E-state index in [0.717, 1.165) is 6.54 Å². The van der Waals surface area contributed by atoms with Crippen molar-refractivity contribution in [1.82, 2.24) is 10.4 Å². The van der Waals surface area contributed by atoms with Crippen LogP contribution in [0.1, 0.15) is 17.3 Å². The highest BCUT2D eigenvalue weighted by Crippen LogP contribution is 2.20. The molecule has 0 aliphatic carbocycles. The van der Waals surface area contributed by atoms with Gasteiger partial charge in [0.2, 0.25) is 0 Å². The number of rotatable bonds is 4. The van der Waals surface area contributed by atoms with Crippen LogP contribution in [0.15, 0.2) is 30.3 Å². The van der Waals surface area contributed by atoms with E-state index in [1.165, 1.54) is 6.07 Å². The summed E-state index contributed by atoms with van der Waals surface area (Å²) in [7, 11) is 0. The van der Waals surface area contributed by atoms with Crippen LogP contribution in [0.5, 0.6) is 0 Å². The number of nitrogens with one attached hydrogen (secondary N) is 2. The molecule has 0 unspecified atom stereocenters. The van der Waals surface area contributed by atoms with Crippen LogP contribution < -0.4 is 10.9 Å². The number of nitrogens with zero attached hydrogens (tertiary/aromatic N) is 1. The van der Waals surface area contributed by atoms with Crippen LogP contribution >= 0.6 is 0 Å². The van der Waals surface area contributed by atoms with Crippen molar-refractivity contribution >= 4 is 22.7 Å². The lowest BCUT2D eigenvalue weighted by Gasteiger charge is -2.08. The number of hydrazine groups is 1. The first-order valence-electron chi connectivity index (χ1n) is 5.34. The van der Waals surface area contributed by atoms with Gasteiger partial charge < -0.3 is 10.5 Å². The molecule has 0 atom stereocenters. The fraction of sp³-hybridized carbons (Fsp3) is 0.167. The average Bonchev–Trinajstić information content (AvgIpc) is 2.35. The van der Waals surface area contributed by atoms with E-state index in [1.807, 2.05) is 13.0 Å². The molecule has 1 heterocycles. The molecule has 0 aliphatic rings. The molecular formula is C12H13N3O2. The standard InChI is InChI=1S/C12H13N3O2/c1-2-13-15-11-7-9(12(16)17)8-5-3-4-6-10(8)14-11/h3-7,13H,2H2,1H3,(H,14,15)(H,16,17). The molecule has 0 saturated carbocycles. The van der Waals surface area contributed by atoms with Crippen molar-refractivity contribution in [3.8, 4) is 0 Å². The first kappa shape index (κ1) is 11.3. The largest absolute Gasteiger partial charge is 0.478 e. The molecule has 5 nitrogen and oxygen atoms in total. The van der Waals surface area contributed by atoms with E-state index in [1.54, 1.807) is 18.2 Å². The lowest BCUT2D eigenvalue weighted by Crippen LogP contribution is -2.21. The number of carboxylic acid groups (broad SMARTS) is 1. The summed E-state index contributed by atoms with van der Waals surface area (Å²) in [5.41, 5.74) is 6.65. The summed E-state index contributed by atoms with van der Waals surface area (Å²) >= 11 is 0. The van der Waals surface area contributed by atoms with Gasteiger partial charge in [0.1, 0.15) is 5.82 Å². The van der Waals surface area contributed by atoms with Crippen molar-refractivity contribution in [3.63, 3.8) is 0 Å². The topological polar surface area (TPSA) is 74.2 Å². The molecule has 2 rings (SSSR count). The van der Waals surface area contributed by atoms with Gasteiger partial charge >= 0.3 is 5.97 Å². The van der Waals surface area contributed by atoms with Crippen LogP contribution in [0.25, 0.3) is 10.9 Å². The number of benzene rings is 1. The molecule has 1 aromatic carbocycles. The minimum atomic E-state index is -0.955. The molecule has 0 spiro atoms. The number of aromatic nitrogens is 1. The molecule has 0 bridgehead atoms. The number of para-hydroxylation sites is 1. The summed E-state index contributed by atoms with van der Waals surface area (Å²) in [5, 5.41) is 9.80. The molecular weight excluding hydrogens is 218 g/mol. The summed E-state index contributed by atoms with van der Waals surface area (Å²) in [5.74, 6) is -0.453. The van der Waals surface area contributed by atoms with E-state index in [2.05, 4.69) is 15.8 Å². The maximum Gasteiger partial charge on any atom is 0.336 e. The van der Waals surface area contributed by atoms with Crippen molar-refractivity contribution in [2.75, 3.05) is 12.0 Å². The highest BCUT2D eigenvalue weighted by atomic mass is 16.4. The van der Waals surface area contributed by atoms with Crippen molar-refractivity contribution in [1.29, 1.82) is 0 Å². The molecule has 0 amide bonds. The van der Waals surface area contributed by atoms with Crippen LogP contribution in [-0.2, 0) is 0 Å². The van der Waals surface area contributed by atoms with Gasteiger partial charge in [0, 0.05) is 11.9 Å². The SMILES string of the molecule is CCNNc1cc(C(=O)O)c2ccccc2n1. The second kappa shape index (κ2) is 4.80. The van der Waals surface area contributed by atoms with Crippen LogP contribution in [-0.4, -0.2) is 22.6 Å². The number of pyridine rings is 1. The average molecular weight is 231 g/mol. The van der Waals surface area contributed by atoms with Crippen LogP contribution in [0.4, 0.5) is 5.82 Å². The van der Waals surface area contributed by atoms with Gasteiger partial charge in [-0.2, -0.15) is 0 Å². The number of hydrogen-bond donors (Lipinski definition) is 3. The summed E-state index contributed by atoms with van der Waals surface area (Å²) in [6.07, 6.45) is 0. The molecule has 2 aromatic rings. The lowest BCUT2D eigenvalue weighted by molar-refractivity contribution is 0.0699. The van der Waals surface area contributed by atoms with Gasteiger partial charge in [-0.25, -0.2) is 15.2 Å². The second-order valence-electron chi connectivity index (χ2n) is 3.53. The number of anilines is 1. The van der Waals surface area contributed by atoms with Gasteiger partial charge in [0.25, 0.3) is 0 Å². The van der Waals surface area contributed by atoms with Crippen molar-refractivity contribution in [2.24, 2.45) is 0 Å². The van der Waals surface area contributed by atoms with Crippen LogP contribution in [0.3, 0.4) is 0 Å². The molecule has 1 aromatic heterocycles. The van der Waals surface area contributed by atoms with E-state index < -0.39 is 5.97 Å². The van der Waals surface area contributed by atoms with E-state index in [-0.39, 0.29) is 5.56 Å². The Morgan fingerprint density at radius 2 is 2.18 bits per heavy atom. The maximum atomic E-state index is 11.2. The smallest absolute Gasteiger partial charge is 0.336 e. The number of aromatic carboxylic acids is 1. The molecule has 88 valence electrons. The highest BCUT2D eigenvalue weighted by molar-refractivity contribution is 6.03. The molecule has 3 N–H and O–H groups in total. The highest BCUT2D eigenvalue weighted by Gasteiger charge is 2.10. The zero-order chi connectivity index (χ0) is 12.3. The quantitative estimate of drug-likeness (QED) is 0.700. The molecule has 0 radical (unpaired) electrons. The Bertz CT molecular complexity index is 554. The van der Waals surface area contributed by atoms with Gasteiger partial charge in [-0.15, -0.1) is 0 Å². The second-order valence-corrected chi connectivity index (χ2v) is 3.53. The first-order chi connectivity index (χ1) is 8.22. The fourth-order valence-electron chi connectivity index (χ4n) is 1.60. The van der Waals surface area contributed by atoms with E-state index in [9.17, 15) is 4.79 Å². The van der Waals surface area contributed by atoms with Crippen LogP contribution in [0.2, 0.25) is 0 Å². The fourth-order valence-corrected chi connectivity index (χ4v) is 1.60. The Morgan fingerprint density at radius 1 is 1.41 bits per heavy atom. The van der Waals surface area contributed by atoms with Gasteiger partial charge in [0.15, 0.2) is 0 Å². The molecule has 0 saturated heterocycles. The van der Waals surface area contributed by atoms with Gasteiger partial charge in [-0.05, 0) is 12.1 Å². The van der Waals surface area contributed by atoms with E-state index >= 15 is 0 Å². The normalized spacial score (nSPS) is 10.4. The van der Waals surface area contributed by atoms with E-state index in [0.29, 0.717) is 16.7 Å². The first-order valence-corrected chi connectivity index (χ1v) is 5.34. The molecule has 0 fully saturated rings. The predicted octanol–water partition coefficient (Wildman–Crippen LogP) is 1.87. The lowest BCUT2D eigenvalue weighted by atomic mass is 10.1. The molecule has 5 heteroatoms. The third-order valence-electron chi connectivity index (χ3n) is 2.34. The zero-order valence-electron chi connectivity index (χ0n) is 9.40. The maximum absolute atomic E-state index is 11.2. The third-order valence-corrected chi connectivity index (χ3v) is 2.34. The summed E-state index contributed by atoms with van der Waals surface area (Å²) < 4.78 is 0. The number of hydrogen-bond acceptors (Lipinski definition) is 4. The summed E-state index contributed by atoms with van der Waals surface area (Å²) in [4.78, 5) is 15.5. The Kier molecular flexibility index (Phi) is 3.20. The molecule has 0 aliphatic heterocycles. The Morgan fingerprint density at radius 3 is 2.88 bits per heavy atom. The Labute approximate surface area is 98.5 Å². The number of carboxylic acids is 1. The third kappa shape index (κ3) is 2.34. The zero-order valence-corrected chi connectivity index (χ0v) is 9.40. The Balaban J connectivity index is 2.55. The van der Waals surface area contributed by atoms with Crippen LogP contribution in [0, 0.1) is 0 Å². The number of carbonyl (C=O) groups is 1. The van der Waals surface area contributed by atoms with Gasteiger partial charge in [0.05, 0.1) is 11.1 Å². The summed E-state index contributed by atoms with van der Waals surface area (Å²) in [6, 6.07) is 8.70. The van der Waals surface area contributed by atoms with Gasteiger partial charge in [-0.1, -0.05) is 25.1 Å². The monoisotopic (exact) mass is 231 g/mol. The predicted molar refractivity (Wildman–Crippen MR) is 66.0 cm³/mol. The molecule has 17 heavy (non-hydrogen) atoms. The van der Waals surface area contributed by atoms with Crippen molar-refractivity contribution in [3.05, 3.63) is 35.9 Å². The summed E-state index contributed by atoms with van der Waals surface area (Å²) in [6.45, 7) is 2.66. The van der Waals surface area contributed by atoms with Crippen molar-refractivity contribution in [2.45, 2.75) is 6.92 Å². The van der Waals surface area contributed by atoms with E-state index in [4.69, 9.17) is 5.11 Å². The van der Waals surface area contributed by atoms with Crippen molar-refractivity contribution < 1.29 is 9.90 Å². The number of fused-ring (bicyclic) bond motifs is 1.